The molecule has 2 aromatic rings. The third kappa shape index (κ3) is 6.29. The Morgan fingerprint density at radius 3 is 2.68 bits per heavy atom. The second-order valence-corrected chi connectivity index (χ2v) is 9.65. The number of aromatic amines is 1. The van der Waals surface area contributed by atoms with E-state index in [-0.39, 0.29) is 43.5 Å². The summed E-state index contributed by atoms with van der Waals surface area (Å²) in [4.78, 5) is 42.3. The summed E-state index contributed by atoms with van der Waals surface area (Å²) in [5.74, 6) is -1.33. The van der Waals surface area contributed by atoms with Crippen molar-refractivity contribution in [1.82, 2.24) is 15.2 Å². The quantitative estimate of drug-likeness (QED) is 0.314. The van der Waals surface area contributed by atoms with Crippen molar-refractivity contribution < 1.29 is 33.7 Å². The number of carbonyl (C=O) groups is 3. The SMILES string of the molecule is Cc1[nH]c(/C=C2\C(=O)Nc3ccc(F)cc32)c(C)c1C(=O)NCC[C@@H](O)C[C@@H](O)CC(=O)N1CCOCC1. The van der Waals surface area contributed by atoms with Gasteiger partial charge in [0.15, 0.2) is 0 Å². The number of carbonyl (C=O) groups excluding carboxylic acids is 3. The van der Waals surface area contributed by atoms with E-state index in [0.29, 0.717) is 65.6 Å². The van der Waals surface area contributed by atoms with Crippen LogP contribution in [-0.4, -0.2) is 82.9 Å². The highest BCUT2D eigenvalue weighted by molar-refractivity contribution is 6.34. The number of anilines is 1. The van der Waals surface area contributed by atoms with Gasteiger partial charge >= 0.3 is 0 Å². The van der Waals surface area contributed by atoms with E-state index in [9.17, 15) is 29.0 Å². The lowest BCUT2D eigenvalue weighted by atomic mass is 10.0. The Morgan fingerprint density at radius 2 is 1.95 bits per heavy atom. The number of hydrogen-bond acceptors (Lipinski definition) is 6. The molecule has 3 amide bonds. The standard InChI is InChI=1S/C27H33FN4O6/c1-15-23(14-21-20-11-17(28)3-4-22(20)31-26(21)36)30-16(2)25(15)27(37)29-6-5-18(33)12-19(34)13-24(35)32-7-9-38-10-8-32/h3-4,11,14,18-19,30,33-34H,5-10,12-13H2,1-2H3,(H,29,37)(H,31,36)/b21-14-/t18-,19-/m1/s1. The van der Waals surface area contributed by atoms with Gasteiger partial charge in [-0.2, -0.15) is 0 Å². The average Bonchev–Trinajstić information content (AvgIpc) is 3.33. The van der Waals surface area contributed by atoms with Crippen molar-refractivity contribution in [3.05, 3.63) is 52.1 Å². The number of H-pyrrole nitrogens is 1. The molecule has 204 valence electrons. The summed E-state index contributed by atoms with van der Waals surface area (Å²) in [5.41, 5.74) is 3.48. The molecular weight excluding hydrogens is 495 g/mol. The van der Waals surface area contributed by atoms with E-state index in [2.05, 4.69) is 15.6 Å². The number of aromatic nitrogens is 1. The molecule has 0 unspecified atom stereocenters. The number of ether oxygens (including phenoxy) is 1. The van der Waals surface area contributed by atoms with Crippen LogP contribution in [0.25, 0.3) is 11.6 Å². The number of fused-ring (bicyclic) bond motifs is 1. The molecule has 0 aliphatic carbocycles. The number of nitrogens with one attached hydrogen (secondary N) is 3. The van der Waals surface area contributed by atoms with Crippen LogP contribution in [0, 0.1) is 19.7 Å². The number of amides is 3. The Bertz CT molecular complexity index is 1250. The summed E-state index contributed by atoms with van der Waals surface area (Å²) >= 11 is 0. The van der Waals surface area contributed by atoms with Gasteiger partial charge in [0.1, 0.15) is 5.82 Å². The summed E-state index contributed by atoms with van der Waals surface area (Å²) in [7, 11) is 0. The lowest BCUT2D eigenvalue weighted by Gasteiger charge is -2.28. The molecule has 11 heteroatoms. The molecule has 1 aromatic carbocycles. The first kappa shape index (κ1) is 27.5. The smallest absolute Gasteiger partial charge is 0.256 e. The van der Waals surface area contributed by atoms with E-state index in [4.69, 9.17) is 4.74 Å². The van der Waals surface area contributed by atoms with Crippen molar-refractivity contribution in [1.29, 1.82) is 0 Å². The van der Waals surface area contributed by atoms with Crippen LogP contribution >= 0.6 is 0 Å². The Morgan fingerprint density at radius 1 is 1.21 bits per heavy atom. The van der Waals surface area contributed by atoms with Crippen LogP contribution in [0.15, 0.2) is 18.2 Å². The fraction of sp³-hybridized carbons (Fsp3) is 0.444. The molecule has 10 nitrogen and oxygen atoms in total. The van der Waals surface area contributed by atoms with E-state index in [1.165, 1.54) is 18.2 Å². The van der Waals surface area contributed by atoms with Crippen molar-refractivity contribution in [2.24, 2.45) is 0 Å². The molecule has 1 fully saturated rings. The van der Waals surface area contributed by atoms with Gasteiger partial charge in [-0.25, -0.2) is 4.39 Å². The second kappa shape index (κ2) is 11.9. The third-order valence-corrected chi connectivity index (χ3v) is 6.84. The van der Waals surface area contributed by atoms with Crippen LogP contribution in [0.3, 0.4) is 0 Å². The first-order chi connectivity index (χ1) is 18.1. The molecule has 0 saturated carbocycles. The molecule has 0 bridgehead atoms. The summed E-state index contributed by atoms with van der Waals surface area (Å²) in [6, 6.07) is 4.07. The number of morpholine rings is 1. The van der Waals surface area contributed by atoms with Crippen LogP contribution in [0.4, 0.5) is 10.1 Å². The molecule has 3 heterocycles. The molecule has 0 radical (unpaired) electrons. The fourth-order valence-electron chi connectivity index (χ4n) is 4.81. The number of aryl methyl sites for hydroxylation is 1. The van der Waals surface area contributed by atoms with Crippen molar-refractivity contribution >= 4 is 35.1 Å². The molecule has 2 atom stereocenters. The highest BCUT2D eigenvalue weighted by atomic mass is 19.1. The van der Waals surface area contributed by atoms with Gasteiger partial charge in [-0.3, -0.25) is 14.4 Å². The Hall–Kier alpha value is -3.54. The number of aliphatic hydroxyl groups is 2. The number of hydrogen-bond donors (Lipinski definition) is 5. The number of nitrogens with zero attached hydrogens (tertiary/aromatic N) is 1. The van der Waals surface area contributed by atoms with Gasteiger partial charge in [0.25, 0.3) is 11.8 Å². The minimum Gasteiger partial charge on any atom is -0.393 e. The summed E-state index contributed by atoms with van der Waals surface area (Å²) in [6.45, 7) is 5.61. The van der Waals surface area contributed by atoms with Gasteiger partial charge < -0.3 is 35.5 Å². The van der Waals surface area contributed by atoms with E-state index in [1.807, 2.05) is 0 Å². The third-order valence-electron chi connectivity index (χ3n) is 6.84. The zero-order valence-corrected chi connectivity index (χ0v) is 21.5. The molecule has 2 aliphatic rings. The minimum atomic E-state index is -0.979. The van der Waals surface area contributed by atoms with Crippen molar-refractivity contribution in [2.45, 2.75) is 45.3 Å². The van der Waals surface area contributed by atoms with Crippen LogP contribution < -0.4 is 10.6 Å². The highest BCUT2D eigenvalue weighted by Crippen LogP contribution is 2.34. The zero-order chi connectivity index (χ0) is 27.4. The molecule has 5 N–H and O–H groups in total. The highest BCUT2D eigenvalue weighted by Gasteiger charge is 2.26. The lowest BCUT2D eigenvalue weighted by molar-refractivity contribution is -0.137. The fourth-order valence-corrected chi connectivity index (χ4v) is 4.81. The monoisotopic (exact) mass is 528 g/mol. The van der Waals surface area contributed by atoms with Crippen molar-refractivity contribution in [3.8, 4) is 0 Å². The van der Waals surface area contributed by atoms with Crippen LogP contribution in [0.2, 0.25) is 0 Å². The molecule has 38 heavy (non-hydrogen) atoms. The summed E-state index contributed by atoms with van der Waals surface area (Å²) in [6.07, 6.45) is -0.112. The van der Waals surface area contributed by atoms with Gasteiger partial charge in [0, 0.05) is 42.3 Å². The molecular formula is C27H33FN4O6. The maximum absolute atomic E-state index is 13.8. The lowest BCUT2D eigenvalue weighted by Crippen LogP contribution is -2.42. The van der Waals surface area contributed by atoms with E-state index in [0.717, 1.165) is 0 Å². The first-order valence-corrected chi connectivity index (χ1v) is 12.7. The minimum absolute atomic E-state index is 0.0238. The second-order valence-electron chi connectivity index (χ2n) is 9.65. The number of halogens is 1. The maximum atomic E-state index is 13.8. The number of rotatable bonds is 9. The maximum Gasteiger partial charge on any atom is 0.256 e. The molecule has 1 saturated heterocycles. The summed E-state index contributed by atoms with van der Waals surface area (Å²) < 4.78 is 19.0. The van der Waals surface area contributed by atoms with Crippen LogP contribution in [-0.2, 0) is 14.3 Å². The van der Waals surface area contributed by atoms with Crippen molar-refractivity contribution in [2.75, 3.05) is 38.2 Å². The van der Waals surface area contributed by atoms with Crippen LogP contribution in [0.1, 0.15) is 52.1 Å². The van der Waals surface area contributed by atoms with E-state index < -0.39 is 18.0 Å². The molecule has 2 aliphatic heterocycles. The largest absolute Gasteiger partial charge is 0.393 e. The Labute approximate surface area is 219 Å². The van der Waals surface area contributed by atoms with Gasteiger partial charge in [-0.05, 0) is 56.5 Å². The summed E-state index contributed by atoms with van der Waals surface area (Å²) in [5, 5.41) is 26.0. The number of aliphatic hydroxyl groups excluding tert-OH is 2. The predicted molar refractivity (Wildman–Crippen MR) is 139 cm³/mol. The van der Waals surface area contributed by atoms with Crippen LogP contribution in [0.5, 0.6) is 0 Å². The van der Waals surface area contributed by atoms with Gasteiger partial charge in [0.2, 0.25) is 5.91 Å². The average molecular weight is 529 g/mol. The van der Waals surface area contributed by atoms with Crippen molar-refractivity contribution in [3.63, 3.8) is 0 Å². The topological polar surface area (TPSA) is 144 Å². The van der Waals surface area contributed by atoms with E-state index >= 15 is 0 Å². The normalized spacial score (nSPS) is 17.8. The van der Waals surface area contributed by atoms with Gasteiger partial charge in [0.05, 0.1) is 43.0 Å². The molecule has 0 spiro atoms. The number of benzene rings is 1. The Balaban J connectivity index is 1.31. The van der Waals surface area contributed by atoms with Gasteiger partial charge in [-0.1, -0.05) is 0 Å². The van der Waals surface area contributed by atoms with Gasteiger partial charge in [-0.15, -0.1) is 0 Å². The molecule has 1 aromatic heterocycles. The predicted octanol–water partition coefficient (Wildman–Crippen LogP) is 1.74. The Kier molecular flexibility index (Phi) is 8.60. The first-order valence-electron chi connectivity index (χ1n) is 12.7. The zero-order valence-electron chi connectivity index (χ0n) is 21.5. The van der Waals surface area contributed by atoms with E-state index in [1.54, 1.807) is 24.8 Å². The molecule has 4 rings (SSSR count).